The molecule has 2 rings (SSSR count). The van der Waals surface area contributed by atoms with Gasteiger partial charge in [0.1, 0.15) is 0 Å². The van der Waals surface area contributed by atoms with Gasteiger partial charge in [-0.05, 0) is 30.5 Å². The number of carbonyl (C=O) groups excluding carboxylic acids is 2. The van der Waals surface area contributed by atoms with E-state index in [-0.39, 0.29) is 16.9 Å². The summed E-state index contributed by atoms with van der Waals surface area (Å²) < 4.78 is 10.9. The van der Waals surface area contributed by atoms with Gasteiger partial charge in [0.25, 0.3) is 0 Å². The van der Waals surface area contributed by atoms with Crippen molar-refractivity contribution in [2.24, 2.45) is 5.92 Å². The maximum Gasteiger partial charge on any atom is 0.223 e. The number of thioether (sulfide) groups is 1. The van der Waals surface area contributed by atoms with Gasteiger partial charge in [-0.1, -0.05) is 17.8 Å². The lowest BCUT2D eigenvalue weighted by Gasteiger charge is -2.18. The molecule has 1 atom stereocenters. The molecule has 0 N–H and O–H groups in total. The molecule has 1 amide bonds. The van der Waals surface area contributed by atoms with Gasteiger partial charge in [0.2, 0.25) is 5.91 Å². The molecule has 1 unspecified atom stereocenters. The van der Waals surface area contributed by atoms with Gasteiger partial charge in [0.05, 0.1) is 13.7 Å². The Balaban J connectivity index is 2.00. The molecule has 5 nitrogen and oxygen atoms in total. The summed E-state index contributed by atoms with van der Waals surface area (Å²) in [7, 11) is 1.61. The van der Waals surface area contributed by atoms with Gasteiger partial charge in [-0.25, -0.2) is 0 Å². The first kappa shape index (κ1) is 17.7. The Morgan fingerprint density at radius 2 is 2.17 bits per heavy atom. The van der Waals surface area contributed by atoms with E-state index in [1.54, 1.807) is 14.0 Å². The van der Waals surface area contributed by atoms with E-state index in [0.29, 0.717) is 43.4 Å². The quantitative estimate of drug-likeness (QED) is 0.766. The molecule has 126 valence electrons. The highest BCUT2D eigenvalue weighted by atomic mass is 32.2. The fourth-order valence-corrected chi connectivity index (χ4v) is 3.36. The van der Waals surface area contributed by atoms with Crippen LogP contribution in [0.15, 0.2) is 18.2 Å². The predicted octanol–water partition coefficient (Wildman–Crippen LogP) is 2.72. The first-order chi connectivity index (χ1) is 11.0. The lowest BCUT2D eigenvalue weighted by molar-refractivity contribution is -0.128. The third-order valence-corrected chi connectivity index (χ3v) is 4.76. The Kier molecular flexibility index (Phi) is 6.33. The molecule has 1 aliphatic heterocycles. The fraction of sp³-hybridized carbons (Fsp3) is 0.529. The van der Waals surface area contributed by atoms with Crippen LogP contribution in [-0.2, 0) is 16.1 Å². The molecule has 1 aliphatic rings. The largest absolute Gasteiger partial charge is 0.493 e. The van der Waals surface area contributed by atoms with Crippen molar-refractivity contribution in [3.8, 4) is 11.5 Å². The molecule has 23 heavy (non-hydrogen) atoms. The molecule has 0 aliphatic carbocycles. The van der Waals surface area contributed by atoms with Crippen molar-refractivity contribution in [1.29, 1.82) is 0 Å². The van der Waals surface area contributed by atoms with Crippen molar-refractivity contribution in [3.05, 3.63) is 23.8 Å². The number of hydrogen-bond donors (Lipinski definition) is 0. The third-order valence-electron chi connectivity index (χ3n) is 3.72. The molecular weight excluding hydrogens is 314 g/mol. The topological polar surface area (TPSA) is 55.8 Å². The van der Waals surface area contributed by atoms with Crippen molar-refractivity contribution >= 4 is 22.8 Å². The molecule has 0 radical (unpaired) electrons. The maximum atomic E-state index is 12.1. The molecule has 0 spiro atoms. The lowest BCUT2D eigenvalue weighted by Crippen LogP contribution is -2.24. The maximum absolute atomic E-state index is 12.1. The number of likely N-dealkylation sites (tertiary alicyclic amines) is 1. The highest BCUT2D eigenvalue weighted by molar-refractivity contribution is 8.13. The summed E-state index contributed by atoms with van der Waals surface area (Å²) in [5.41, 5.74) is 1.02. The van der Waals surface area contributed by atoms with E-state index in [1.807, 2.05) is 30.0 Å². The van der Waals surface area contributed by atoms with Crippen LogP contribution in [0.25, 0.3) is 0 Å². The molecule has 0 aromatic heterocycles. The van der Waals surface area contributed by atoms with Crippen LogP contribution in [0.4, 0.5) is 0 Å². The van der Waals surface area contributed by atoms with Gasteiger partial charge < -0.3 is 14.4 Å². The van der Waals surface area contributed by atoms with Gasteiger partial charge in [-0.15, -0.1) is 0 Å². The van der Waals surface area contributed by atoms with Crippen LogP contribution in [0.5, 0.6) is 11.5 Å². The van der Waals surface area contributed by atoms with E-state index in [9.17, 15) is 9.59 Å². The summed E-state index contributed by atoms with van der Waals surface area (Å²) in [5, 5.41) is 0.104. The SMILES string of the molecule is CCOc1cc(CN2CC(CSC(C)=O)CC2=O)ccc1OC. The molecule has 1 heterocycles. The zero-order chi connectivity index (χ0) is 16.8. The smallest absolute Gasteiger partial charge is 0.223 e. The summed E-state index contributed by atoms with van der Waals surface area (Å²) in [5.74, 6) is 2.50. The van der Waals surface area contributed by atoms with Crippen LogP contribution < -0.4 is 9.47 Å². The molecule has 1 fully saturated rings. The van der Waals surface area contributed by atoms with Crippen molar-refractivity contribution in [3.63, 3.8) is 0 Å². The number of rotatable bonds is 7. The Hall–Kier alpha value is -1.69. The van der Waals surface area contributed by atoms with E-state index in [4.69, 9.17) is 9.47 Å². The number of carbonyl (C=O) groups is 2. The van der Waals surface area contributed by atoms with Crippen molar-refractivity contribution in [1.82, 2.24) is 4.90 Å². The zero-order valence-electron chi connectivity index (χ0n) is 13.8. The molecule has 0 bridgehead atoms. The summed E-state index contributed by atoms with van der Waals surface area (Å²) >= 11 is 1.30. The van der Waals surface area contributed by atoms with Crippen LogP contribution in [0.1, 0.15) is 25.8 Å². The van der Waals surface area contributed by atoms with Crippen molar-refractivity contribution < 1.29 is 19.1 Å². The summed E-state index contributed by atoms with van der Waals surface area (Å²) in [6, 6.07) is 5.74. The predicted molar refractivity (Wildman–Crippen MR) is 90.8 cm³/mol. The summed E-state index contributed by atoms with van der Waals surface area (Å²) in [6.45, 7) is 5.31. The first-order valence-corrected chi connectivity index (χ1v) is 8.72. The van der Waals surface area contributed by atoms with Crippen LogP contribution in [0.2, 0.25) is 0 Å². The first-order valence-electron chi connectivity index (χ1n) is 7.74. The standard InChI is InChI=1S/C17H23NO4S/c1-4-22-16-7-13(5-6-15(16)21-3)9-18-10-14(8-17(18)20)11-23-12(2)19/h5-7,14H,4,8-11H2,1-3H3. The second-order valence-electron chi connectivity index (χ2n) is 5.57. The van der Waals surface area contributed by atoms with Gasteiger partial charge in [0.15, 0.2) is 16.6 Å². The van der Waals surface area contributed by atoms with E-state index in [1.165, 1.54) is 11.8 Å². The number of hydrogen-bond acceptors (Lipinski definition) is 5. The minimum atomic E-state index is 0.104. The monoisotopic (exact) mass is 337 g/mol. The van der Waals surface area contributed by atoms with Gasteiger partial charge in [-0.2, -0.15) is 0 Å². The van der Waals surface area contributed by atoms with E-state index in [0.717, 1.165) is 5.56 Å². The second-order valence-corrected chi connectivity index (χ2v) is 6.76. The molecule has 1 saturated heterocycles. The van der Waals surface area contributed by atoms with Gasteiger partial charge in [-0.3, -0.25) is 9.59 Å². The van der Waals surface area contributed by atoms with Crippen molar-refractivity contribution in [2.75, 3.05) is 26.0 Å². The Morgan fingerprint density at radius 1 is 1.39 bits per heavy atom. The highest BCUT2D eigenvalue weighted by Gasteiger charge is 2.29. The summed E-state index contributed by atoms with van der Waals surface area (Å²) in [6.07, 6.45) is 0.523. The number of ether oxygens (including phenoxy) is 2. The minimum Gasteiger partial charge on any atom is -0.493 e. The average molecular weight is 337 g/mol. The Bertz CT molecular complexity index is 576. The molecule has 6 heteroatoms. The Morgan fingerprint density at radius 3 is 2.83 bits per heavy atom. The van der Waals surface area contributed by atoms with E-state index in [2.05, 4.69) is 0 Å². The minimum absolute atomic E-state index is 0.104. The van der Waals surface area contributed by atoms with Crippen molar-refractivity contribution in [2.45, 2.75) is 26.8 Å². The number of amides is 1. The Labute approximate surface area is 141 Å². The van der Waals surface area contributed by atoms with E-state index < -0.39 is 0 Å². The summed E-state index contributed by atoms with van der Waals surface area (Å²) in [4.78, 5) is 25.0. The van der Waals surface area contributed by atoms with Crippen LogP contribution >= 0.6 is 11.8 Å². The molecular formula is C17H23NO4S. The number of benzene rings is 1. The van der Waals surface area contributed by atoms with Crippen LogP contribution in [0, 0.1) is 5.92 Å². The number of methoxy groups -OCH3 is 1. The zero-order valence-corrected chi connectivity index (χ0v) is 14.6. The fourth-order valence-electron chi connectivity index (χ4n) is 2.66. The molecule has 1 aromatic rings. The van der Waals surface area contributed by atoms with Crippen LogP contribution in [0.3, 0.4) is 0 Å². The number of nitrogens with zero attached hydrogens (tertiary/aromatic N) is 1. The third kappa shape index (κ3) is 4.89. The van der Waals surface area contributed by atoms with E-state index >= 15 is 0 Å². The second kappa shape index (κ2) is 8.24. The average Bonchev–Trinajstić information content (AvgIpc) is 2.86. The lowest BCUT2D eigenvalue weighted by atomic mass is 10.1. The van der Waals surface area contributed by atoms with Gasteiger partial charge in [0, 0.05) is 32.2 Å². The highest BCUT2D eigenvalue weighted by Crippen LogP contribution is 2.30. The van der Waals surface area contributed by atoms with Crippen LogP contribution in [-0.4, -0.2) is 41.9 Å². The molecule has 1 aromatic carbocycles. The normalized spacial score (nSPS) is 17.4. The molecule has 0 saturated carbocycles. The van der Waals surface area contributed by atoms with Gasteiger partial charge >= 0.3 is 0 Å².